The number of nitrogens with zero attached hydrogens (tertiary/aromatic N) is 1. The minimum Gasteiger partial charge on any atom is -0.457 e. The van der Waals surface area contributed by atoms with E-state index in [4.69, 9.17) is 0 Å². The fourth-order valence-electron chi connectivity index (χ4n) is 1.31. The van der Waals surface area contributed by atoms with Crippen molar-refractivity contribution in [3.05, 3.63) is 33.9 Å². The van der Waals surface area contributed by atoms with Gasteiger partial charge in [0, 0.05) is 17.7 Å². The van der Waals surface area contributed by atoms with E-state index in [0.717, 1.165) is 6.07 Å². The molecule has 0 aliphatic carbocycles. The van der Waals surface area contributed by atoms with Crippen LogP contribution in [0, 0.1) is 10.1 Å². The van der Waals surface area contributed by atoms with Crippen molar-refractivity contribution in [2.24, 2.45) is 0 Å². The molecule has 1 N–H and O–H groups in total. The molecular weight excluding hydrogens is 193 g/mol. The first-order valence-corrected chi connectivity index (χ1v) is 3.87. The molecule has 1 aromatic carbocycles. The summed E-state index contributed by atoms with van der Waals surface area (Å²) in [5, 5.41) is 19.6. The van der Waals surface area contributed by atoms with E-state index in [1.807, 2.05) is 0 Å². The molecule has 2 atom stereocenters. The third-order valence-electron chi connectivity index (χ3n) is 2.01. The smallest absolute Gasteiger partial charge is 0.270 e. The molecule has 1 aromatic rings. The minimum atomic E-state index is -1.84. The van der Waals surface area contributed by atoms with Crippen LogP contribution in [0.5, 0.6) is 5.75 Å². The zero-order chi connectivity index (χ0) is 10.3. The van der Waals surface area contributed by atoms with Gasteiger partial charge < -0.3 is 9.84 Å². The van der Waals surface area contributed by atoms with Gasteiger partial charge in [0.05, 0.1) is 4.92 Å². The molecule has 0 fully saturated rings. The van der Waals surface area contributed by atoms with Crippen molar-refractivity contribution < 1.29 is 19.2 Å². The number of aliphatic hydroxyl groups excluding tert-OH is 1. The quantitative estimate of drug-likeness (QED) is 0.546. The lowest BCUT2D eigenvalue weighted by Gasteiger charge is -2.01. The van der Waals surface area contributed by atoms with E-state index in [1.165, 1.54) is 12.1 Å². The van der Waals surface area contributed by atoms with Gasteiger partial charge in [-0.15, -0.1) is 0 Å². The van der Waals surface area contributed by atoms with Crippen molar-refractivity contribution in [3.63, 3.8) is 0 Å². The summed E-state index contributed by atoms with van der Waals surface area (Å²) in [6.07, 6.45) is -3.28. The Morgan fingerprint density at radius 3 is 2.93 bits per heavy atom. The van der Waals surface area contributed by atoms with Crippen LogP contribution in [-0.4, -0.2) is 16.4 Å². The largest absolute Gasteiger partial charge is 0.457 e. The Balaban J connectivity index is 2.46. The molecule has 0 spiro atoms. The van der Waals surface area contributed by atoms with E-state index >= 15 is 0 Å². The Morgan fingerprint density at radius 1 is 1.57 bits per heavy atom. The lowest BCUT2D eigenvalue weighted by molar-refractivity contribution is -0.385. The maximum Gasteiger partial charge on any atom is 0.270 e. The van der Waals surface area contributed by atoms with Gasteiger partial charge in [0.1, 0.15) is 11.9 Å². The molecule has 1 heterocycles. The number of aliphatic hydroxyl groups is 1. The van der Waals surface area contributed by atoms with Gasteiger partial charge in [0.2, 0.25) is 0 Å². The third-order valence-corrected chi connectivity index (χ3v) is 2.01. The maximum absolute atomic E-state index is 12.8. The molecule has 0 saturated heterocycles. The molecule has 14 heavy (non-hydrogen) atoms. The topological polar surface area (TPSA) is 72.6 Å². The Morgan fingerprint density at radius 2 is 2.29 bits per heavy atom. The second-order valence-corrected chi connectivity index (χ2v) is 2.89. The third kappa shape index (κ3) is 1.20. The van der Waals surface area contributed by atoms with Gasteiger partial charge in [-0.2, -0.15) is 4.39 Å². The highest BCUT2D eigenvalue weighted by Crippen LogP contribution is 2.38. The molecule has 0 saturated carbocycles. The standard InChI is InChI=1S/C8H6FNO4/c9-8-7(11)5-3-4(10(12)13)1-2-6(5)14-8/h1-3,7-8,11H. The monoisotopic (exact) mass is 199 g/mol. The summed E-state index contributed by atoms with van der Waals surface area (Å²) in [6.45, 7) is 0. The van der Waals surface area contributed by atoms with Crippen molar-refractivity contribution in [3.8, 4) is 5.75 Å². The number of ether oxygens (including phenoxy) is 1. The summed E-state index contributed by atoms with van der Waals surface area (Å²) in [7, 11) is 0. The summed E-state index contributed by atoms with van der Waals surface area (Å²) in [6, 6.07) is 3.58. The van der Waals surface area contributed by atoms with Crippen molar-refractivity contribution >= 4 is 5.69 Å². The van der Waals surface area contributed by atoms with Crippen LogP contribution >= 0.6 is 0 Å². The van der Waals surface area contributed by atoms with E-state index in [2.05, 4.69) is 4.74 Å². The number of hydrogen-bond acceptors (Lipinski definition) is 4. The molecule has 74 valence electrons. The van der Waals surface area contributed by atoms with Gasteiger partial charge in [-0.3, -0.25) is 10.1 Å². The summed E-state index contributed by atoms with van der Waals surface area (Å²) in [4.78, 5) is 9.77. The number of alkyl halides is 1. The van der Waals surface area contributed by atoms with Crippen LogP contribution in [0.4, 0.5) is 10.1 Å². The number of rotatable bonds is 1. The molecule has 0 bridgehead atoms. The number of nitro groups is 1. The number of non-ortho nitro benzene ring substituents is 1. The van der Waals surface area contributed by atoms with Crippen LogP contribution in [0.15, 0.2) is 18.2 Å². The normalized spacial score (nSPS) is 24.1. The first-order chi connectivity index (χ1) is 6.59. The molecule has 1 aliphatic heterocycles. The van der Waals surface area contributed by atoms with Gasteiger partial charge in [-0.1, -0.05) is 0 Å². The maximum atomic E-state index is 12.8. The highest BCUT2D eigenvalue weighted by Gasteiger charge is 2.33. The Labute approximate surface area is 77.9 Å². The second-order valence-electron chi connectivity index (χ2n) is 2.89. The van der Waals surface area contributed by atoms with Gasteiger partial charge in [-0.25, -0.2) is 0 Å². The van der Waals surface area contributed by atoms with Crippen LogP contribution in [0.1, 0.15) is 11.7 Å². The lowest BCUT2D eigenvalue weighted by Crippen LogP contribution is -2.10. The molecule has 1 aliphatic rings. The summed E-state index contributed by atoms with van der Waals surface area (Å²) >= 11 is 0. The van der Waals surface area contributed by atoms with E-state index in [-0.39, 0.29) is 17.0 Å². The van der Waals surface area contributed by atoms with E-state index in [1.54, 1.807) is 0 Å². The van der Waals surface area contributed by atoms with E-state index in [0.29, 0.717) is 0 Å². The number of benzene rings is 1. The van der Waals surface area contributed by atoms with Gasteiger partial charge in [0.25, 0.3) is 12.0 Å². The summed E-state index contributed by atoms with van der Waals surface area (Å²) in [5.74, 6) is 0.149. The first-order valence-electron chi connectivity index (χ1n) is 3.87. The molecule has 0 aromatic heterocycles. The molecule has 6 heteroatoms. The zero-order valence-corrected chi connectivity index (χ0v) is 6.88. The van der Waals surface area contributed by atoms with Crippen LogP contribution in [-0.2, 0) is 0 Å². The number of hydrogen-bond donors (Lipinski definition) is 1. The van der Waals surface area contributed by atoms with E-state index in [9.17, 15) is 19.6 Å². The van der Waals surface area contributed by atoms with Gasteiger partial charge >= 0.3 is 0 Å². The molecule has 2 rings (SSSR count). The predicted molar refractivity (Wildman–Crippen MR) is 43.6 cm³/mol. The first kappa shape index (κ1) is 8.89. The van der Waals surface area contributed by atoms with Crippen LogP contribution < -0.4 is 4.74 Å². The van der Waals surface area contributed by atoms with Gasteiger partial charge in [-0.05, 0) is 6.07 Å². The number of nitro benzene ring substituents is 1. The fourth-order valence-corrected chi connectivity index (χ4v) is 1.31. The molecule has 5 nitrogen and oxygen atoms in total. The summed E-state index contributed by atoms with van der Waals surface area (Å²) < 4.78 is 17.4. The molecule has 2 unspecified atom stereocenters. The fraction of sp³-hybridized carbons (Fsp3) is 0.250. The van der Waals surface area contributed by atoms with Crippen molar-refractivity contribution in [1.29, 1.82) is 0 Å². The zero-order valence-electron chi connectivity index (χ0n) is 6.88. The van der Waals surface area contributed by atoms with E-state index < -0.39 is 17.4 Å². The van der Waals surface area contributed by atoms with Crippen LogP contribution in [0.2, 0.25) is 0 Å². The van der Waals surface area contributed by atoms with Crippen molar-refractivity contribution in [2.75, 3.05) is 0 Å². The summed E-state index contributed by atoms with van der Waals surface area (Å²) in [5.41, 5.74) is -0.0767. The highest BCUT2D eigenvalue weighted by atomic mass is 19.1. The lowest BCUT2D eigenvalue weighted by atomic mass is 10.1. The second kappa shape index (κ2) is 2.91. The molecule has 0 radical (unpaired) electrons. The van der Waals surface area contributed by atoms with Crippen LogP contribution in [0.25, 0.3) is 0 Å². The molecular formula is C8H6FNO4. The predicted octanol–water partition coefficient (Wildman–Crippen LogP) is 1.32. The Bertz CT molecular complexity index is 395. The molecule has 0 amide bonds. The Kier molecular flexibility index (Phi) is 1.85. The van der Waals surface area contributed by atoms with Crippen LogP contribution in [0.3, 0.4) is 0 Å². The SMILES string of the molecule is O=[N+]([O-])c1ccc2c(c1)C(O)C(F)O2. The average molecular weight is 199 g/mol. The van der Waals surface area contributed by atoms with Gasteiger partial charge in [0.15, 0.2) is 0 Å². The average Bonchev–Trinajstić information content (AvgIpc) is 2.43. The number of fused-ring (bicyclic) bond motifs is 1. The number of halogens is 1. The minimum absolute atomic E-state index is 0.117. The highest BCUT2D eigenvalue weighted by molar-refractivity contribution is 5.47. The Hall–Kier alpha value is -1.69. The van der Waals surface area contributed by atoms with Crippen molar-refractivity contribution in [1.82, 2.24) is 0 Å². The van der Waals surface area contributed by atoms with Crippen molar-refractivity contribution in [2.45, 2.75) is 12.5 Å².